The molecule has 1 N–H and O–H groups in total. The van der Waals surface area contributed by atoms with E-state index in [0.717, 1.165) is 12.6 Å². The standard InChI is InChI=1S/C17H16ClF2NO2/c18-14-9-12(19)4-5-16(14)23-17-11(2-1-3-15(17)20)8-13-10-21-6-7-22-13/h1-5,9,13,21H,6-8,10H2. The maximum absolute atomic E-state index is 14.2. The molecule has 0 radical (unpaired) electrons. The first-order valence-electron chi connectivity index (χ1n) is 7.36. The van der Waals surface area contributed by atoms with E-state index in [1.165, 1.54) is 18.2 Å². The zero-order valence-electron chi connectivity index (χ0n) is 12.3. The largest absolute Gasteiger partial charge is 0.452 e. The lowest BCUT2D eigenvalue weighted by atomic mass is 10.1. The zero-order chi connectivity index (χ0) is 16.2. The molecule has 3 nitrogen and oxygen atoms in total. The molecular weight excluding hydrogens is 324 g/mol. The van der Waals surface area contributed by atoms with Crippen molar-refractivity contribution in [3.8, 4) is 11.5 Å². The maximum atomic E-state index is 14.2. The number of nitrogens with one attached hydrogen (secondary N) is 1. The third-order valence-corrected chi connectivity index (χ3v) is 3.90. The summed E-state index contributed by atoms with van der Waals surface area (Å²) in [5.41, 5.74) is 0.680. The van der Waals surface area contributed by atoms with Crippen molar-refractivity contribution in [2.75, 3.05) is 19.7 Å². The van der Waals surface area contributed by atoms with Crippen molar-refractivity contribution < 1.29 is 18.3 Å². The summed E-state index contributed by atoms with van der Waals surface area (Å²) < 4.78 is 38.6. The zero-order valence-corrected chi connectivity index (χ0v) is 13.1. The number of para-hydroxylation sites is 1. The van der Waals surface area contributed by atoms with Gasteiger partial charge >= 0.3 is 0 Å². The molecule has 2 aromatic carbocycles. The summed E-state index contributed by atoms with van der Waals surface area (Å²) in [7, 11) is 0. The number of benzene rings is 2. The molecule has 0 saturated carbocycles. The smallest absolute Gasteiger partial charge is 0.166 e. The monoisotopic (exact) mass is 339 g/mol. The van der Waals surface area contributed by atoms with Crippen LogP contribution in [0, 0.1) is 11.6 Å². The Bertz CT molecular complexity index is 690. The van der Waals surface area contributed by atoms with E-state index in [0.29, 0.717) is 25.1 Å². The molecule has 23 heavy (non-hydrogen) atoms. The second-order valence-electron chi connectivity index (χ2n) is 5.31. The molecule has 1 heterocycles. The summed E-state index contributed by atoms with van der Waals surface area (Å²) in [6.07, 6.45) is 0.468. The van der Waals surface area contributed by atoms with Crippen LogP contribution in [0.25, 0.3) is 0 Å². The van der Waals surface area contributed by atoms with Crippen molar-refractivity contribution in [1.82, 2.24) is 5.32 Å². The molecule has 0 aliphatic carbocycles. The summed E-state index contributed by atoms with van der Waals surface area (Å²) in [4.78, 5) is 0. The number of ether oxygens (including phenoxy) is 2. The van der Waals surface area contributed by atoms with Gasteiger partial charge in [0.05, 0.1) is 17.7 Å². The SMILES string of the molecule is Fc1ccc(Oc2c(F)cccc2CC2CNCCO2)c(Cl)c1. The van der Waals surface area contributed by atoms with Crippen LogP contribution < -0.4 is 10.1 Å². The molecule has 3 rings (SSSR count). The van der Waals surface area contributed by atoms with Crippen molar-refractivity contribution in [1.29, 1.82) is 0 Å². The van der Waals surface area contributed by atoms with Crippen molar-refractivity contribution in [2.45, 2.75) is 12.5 Å². The van der Waals surface area contributed by atoms with E-state index in [2.05, 4.69) is 5.32 Å². The molecule has 0 bridgehead atoms. The average molecular weight is 340 g/mol. The molecule has 2 aromatic rings. The lowest BCUT2D eigenvalue weighted by Crippen LogP contribution is -2.39. The van der Waals surface area contributed by atoms with Crippen molar-refractivity contribution in [3.63, 3.8) is 0 Å². The number of halogens is 3. The summed E-state index contributed by atoms with van der Waals surface area (Å²) in [6, 6.07) is 8.46. The second kappa shape index (κ2) is 7.25. The average Bonchev–Trinajstić information content (AvgIpc) is 2.54. The van der Waals surface area contributed by atoms with Gasteiger partial charge in [-0.1, -0.05) is 23.7 Å². The summed E-state index contributed by atoms with van der Waals surface area (Å²) >= 11 is 5.95. The Balaban J connectivity index is 1.85. The van der Waals surface area contributed by atoms with Crippen LogP contribution in [0.5, 0.6) is 11.5 Å². The fourth-order valence-electron chi connectivity index (χ4n) is 2.49. The van der Waals surface area contributed by atoms with Crippen LogP contribution >= 0.6 is 11.6 Å². The molecule has 0 aromatic heterocycles. The van der Waals surface area contributed by atoms with Gasteiger partial charge in [0.15, 0.2) is 11.6 Å². The highest BCUT2D eigenvalue weighted by molar-refractivity contribution is 6.32. The topological polar surface area (TPSA) is 30.5 Å². The Hall–Kier alpha value is -1.69. The van der Waals surface area contributed by atoms with E-state index >= 15 is 0 Å². The van der Waals surface area contributed by atoms with Crippen LogP contribution in [0.2, 0.25) is 5.02 Å². The maximum Gasteiger partial charge on any atom is 0.166 e. The van der Waals surface area contributed by atoms with Crippen LogP contribution in [-0.4, -0.2) is 25.8 Å². The molecule has 1 atom stereocenters. The van der Waals surface area contributed by atoms with E-state index in [9.17, 15) is 8.78 Å². The fraction of sp³-hybridized carbons (Fsp3) is 0.294. The quantitative estimate of drug-likeness (QED) is 0.915. The second-order valence-corrected chi connectivity index (χ2v) is 5.71. The van der Waals surface area contributed by atoms with E-state index in [-0.39, 0.29) is 22.6 Å². The van der Waals surface area contributed by atoms with Gasteiger partial charge in [-0.25, -0.2) is 8.78 Å². The third-order valence-electron chi connectivity index (χ3n) is 3.61. The number of morpholine rings is 1. The first-order valence-corrected chi connectivity index (χ1v) is 7.74. The predicted octanol–water partition coefficient (Wildman–Crippen LogP) is 3.94. The number of hydrogen-bond donors (Lipinski definition) is 1. The van der Waals surface area contributed by atoms with Gasteiger partial charge < -0.3 is 14.8 Å². The van der Waals surface area contributed by atoms with Crippen molar-refractivity contribution in [3.05, 3.63) is 58.6 Å². The molecule has 6 heteroatoms. The lowest BCUT2D eigenvalue weighted by Gasteiger charge is -2.24. The third kappa shape index (κ3) is 3.99. The predicted molar refractivity (Wildman–Crippen MR) is 84.2 cm³/mol. The molecule has 1 fully saturated rings. The molecule has 0 amide bonds. The molecule has 0 spiro atoms. The molecule has 122 valence electrons. The van der Waals surface area contributed by atoms with Crippen molar-refractivity contribution in [2.24, 2.45) is 0 Å². The minimum absolute atomic E-state index is 0.0448. The van der Waals surface area contributed by atoms with Gasteiger partial charge in [-0.2, -0.15) is 0 Å². The van der Waals surface area contributed by atoms with Gasteiger partial charge in [0.2, 0.25) is 0 Å². The Kier molecular flexibility index (Phi) is 5.10. The van der Waals surface area contributed by atoms with Gasteiger partial charge in [-0.3, -0.25) is 0 Å². The molecule has 1 unspecified atom stereocenters. The molecule has 1 aliphatic rings. The Morgan fingerprint density at radius 1 is 1.26 bits per heavy atom. The van der Waals surface area contributed by atoms with E-state index in [4.69, 9.17) is 21.1 Å². The summed E-state index contributed by atoms with van der Waals surface area (Å²) in [5, 5.41) is 3.32. The molecule has 1 saturated heterocycles. The highest BCUT2D eigenvalue weighted by atomic mass is 35.5. The number of rotatable bonds is 4. The normalized spacial score (nSPS) is 18.0. The van der Waals surface area contributed by atoms with Crippen LogP contribution in [0.1, 0.15) is 5.56 Å². The Labute approximate surface area is 138 Å². The van der Waals surface area contributed by atoms with Gasteiger partial charge in [0.1, 0.15) is 11.6 Å². The minimum Gasteiger partial charge on any atom is -0.452 e. The van der Waals surface area contributed by atoms with Crippen molar-refractivity contribution >= 4 is 11.6 Å². The van der Waals surface area contributed by atoms with Crippen LogP contribution in [-0.2, 0) is 11.2 Å². The van der Waals surface area contributed by atoms with Crippen LogP contribution in [0.4, 0.5) is 8.78 Å². The van der Waals surface area contributed by atoms with Gasteiger partial charge in [0.25, 0.3) is 0 Å². The Morgan fingerprint density at radius 2 is 2.13 bits per heavy atom. The minimum atomic E-state index is -0.494. The summed E-state index contributed by atoms with van der Waals surface area (Å²) in [6.45, 7) is 2.14. The molecule has 1 aliphatic heterocycles. The van der Waals surface area contributed by atoms with Gasteiger partial charge in [-0.05, 0) is 24.3 Å². The van der Waals surface area contributed by atoms with E-state index < -0.39 is 11.6 Å². The Morgan fingerprint density at radius 3 is 2.87 bits per heavy atom. The number of hydrogen-bond acceptors (Lipinski definition) is 3. The highest BCUT2D eigenvalue weighted by Gasteiger charge is 2.19. The van der Waals surface area contributed by atoms with Crippen LogP contribution in [0.3, 0.4) is 0 Å². The van der Waals surface area contributed by atoms with E-state index in [1.807, 2.05) is 0 Å². The van der Waals surface area contributed by atoms with Gasteiger partial charge in [-0.15, -0.1) is 0 Å². The van der Waals surface area contributed by atoms with E-state index in [1.54, 1.807) is 12.1 Å². The first-order chi connectivity index (χ1) is 11.1. The first kappa shape index (κ1) is 16.2. The van der Waals surface area contributed by atoms with Crippen LogP contribution in [0.15, 0.2) is 36.4 Å². The van der Waals surface area contributed by atoms with Gasteiger partial charge in [0, 0.05) is 25.1 Å². The summed E-state index contributed by atoms with van der Waals surface area (Å²) in [5.74, 6) is -0.665. The molecular formula is C17H16ClF2NO2. The lowest BCUT2D eigenvalue weighted by molar-refractivity contribution is 0.0289. The fourth-order valence-corrected chi connectivity index (χ4v) is 2.70. The highest BCUT2D eigenvalue weighted by Crippen LogP contribution is 2.34.